The lowest BCUT2D eigenvalue weighted by molar-refractivity contribution is 0.455. The number of nitrogens with one attached hydrogen (secondary N) is 1. The fourth-order valence-electron chi connectivity index (χ4n) is 1.32. The standard InChI is InChI=1S/C11H9BrN2O4S/c1-19(16,17)8-4-2-3-7(5-8)18-11-9(12)10(15)13-6-14-11/h2-6H,1H3,(H,13,14,15). The predicted molar refractivity (Wildman–Crippen MR) is 72.2 cm³/mol. The Morgan fingerprint density at radius 1 is 1.37 bits per heavy atom. The van der Waals surface area contributed by atoms with E-state index in [-0.39, 0.29) is 26.6 Å². The molecule has 6 nitrogen and oxygen atoms in total. The second-order valence-corrected chi connectivity index (χ2v) is 6.51. The molecular formula is C11H9BrN2O4S. The van der Waals surface area contributed by atoms with Gasteiger partial charge < -0.3 is 9.72 Å². The third kappa shape index (κ3) is 3.21. The number of H-pyrrole nitrogens is 1. The van der Waals surface area contributed by atoms with Crippen LogP contribution >= 0.6 is 15.9 Å². The van der Waals surface area contributed by atoms with E-state index in [2.05, 4.69) is 25.9 Å². The smallest absolute Gasteiger partial charge is 0.268 e. The van der Waals surface area contributed by atoms with Crippen molar-refractivity contribution in [1.29, 1.82) is 0 Å². The van der Waals surface area contributed by atoms with Crippen LogP contribution in [0, 0.1) is 0 Å². The Balaban J connectivity index is 2.40. The van der Waals surface area contributed by atoms with Crippen molar-refractivity contribution in [2.75, 3.05) is 6.26 Å². The zero-order chi connectivity index (χ0) is 14.0. The van der Waals surface area contributed by atoms with Gasteiger partial charge >= 0.3 is 0 Å². The summed E-state index contributed by atoms with van der Waals surface area (Å²) in [6.45, 7) is 0. The summed E-state index contributed by atoms with van der Waals surface area (Å²) in [6, 6.07) is 5.95. The number of aromatic amines is 1. The van der Waals surface area contributed by atoms with E-state index in [1.807, 2.05) is 0 Å². The maximum absolute atomic E-state index is 11.4. The largest absolute Gasteiger partial charge is 0.438 e. The normalized spacial score (nSPS) is 11.3. The number of hydrogen-bond donors (Lipinski definition) is 1. The molecule has 0 spiro atoms. The van der Waals surface area contributed by atoms with Crippen molar-refractivity contribution in [2.24, 2.45) is 0 Å². The Hall–Kier alpha value is -1.67. The van der Waals surface area contributed by atoms with Gasteiger partial charge in [-0.25, -0.2) is 13.4 Å². The highest BCUT2D eigenvalue weighted by atomic mass is 79.9. The summed E-state index contributed by atoms with van der Waals surface area (Å²) in [6.07, 6.45) is 2.30. The van der Waals surface area contributed by atoms with Gasteiger partial charge in [0.25, 0.3) is 5.56 Å². The van der Waals surface area contributed by atoms with Gasteiger partial charge in [0.2, 0.25) is 5.88 Å². The molecular weight excluding hydrogens is 336 g/mol. The first kappa shape index (κ1) is 13.8. The highest BCUT2D eigenvalue weighted by Crippen LogP contribution is 2.25. The van der Waals surface area contributed by atoms with Crippen molar-refractivity contribution in [1.82, 2.24) is 9.97 Å². The SMILES string of the molecule is CS(=O)(=O)c1cccc(Oc2nc[nH]c(=O)c2Br)c1. The second-order valence-electron chi connectivity index (χ2n) is 3.70. The van der Waals surface area contributed by atoms with Crippen molar-refractivity contribution in [3.63, 3.8) is 0 Å². The molecule has 2 rings (SSSR count). The molecule has 0 bridgehead atoms. The van der Waals surface area contributed by atoms with Crippen LogP contribution in [-0.2, 0) is 9.84 Å². The first-order valence-corrected chi connectivity index (χ1v) is 7.77. The number of benzene rings is 1. The Labute approximate surface area is 117 Å². The number of halogens is 1. The first-order valence-electron chi connectivity index (χ1n) is 5.09. The van der Waals surface area contributed by atoms with E-state index in [1.54, 1.807) is 12.1 Å². The zero-order valence-electron chi connectivity index (χ0n) is 9.75. The lowest BCUT2D eigenvalue weighted by Crippen LogP contribution is -2.08. The van der Waals surface area contributed by atoms with Crippen molar-refractivity contribution in [3.05, 3.63) is 45.4 Å². The molecule has 2 aromatic rings. The van der Waals surface area contributed by atoms with E-state index in [9.17, 15) is 13.2 Å². The van der Waals surface area contributed by atoms with Crippen LogP contribution in [-0.4, -0.2) is 24.6 Å². The number of ether oxygens (including phenoxy) is 1. The van der Waals surface area contributed by atoms with Crippen LogP contribution in [0.2, 0.25) is 0 Å². The summed E-state index contributed by atoms with van der Waals surface area (Å²) in [5.41, 5.74) is -0.385. The maximum Gasteiger partial charge on any atom is 0.268 e. The first-order chi connectivity index (χ1) is 8.88. The van der Waals surface area contributed by atoms with E-state index >= 15 is 0 Å². The maximum atomic E-state index is 11.4. The number of nitrogens with zero attached hydrogens (tertiary/aromatic N) is 1. The van der Waals surface area contributed by atoms with Crippen LogP contribution in [0.5, 0.6) is 11.6 Å². The van der Waals surface area contributed by atoms with Crippen LogP contribution in [0.3, 0.4) is 0 Å². The van der Waals surface area contributed by atoms with Gasteiger partial charge in [-0.3, -0.25) is 4.79 Å². The van der Waals surface area contributed by atoms with Crippen molar-refractivity contribution in [2.45, 2.75) is 4.90 Å². The lowest BCUT2D eigenvalue weighted by atomic mass is 10.3. The van der Waals surface area contributed by atoms with E-state index in [4.69, 9.17) is 4.74 Å². The van der Waals surface area contributed by atoms with E-state index in [1.165, 1.54) is 18.5 Å². The molecule has 0 fully saturated rings. The molecule has 8 heteroatoms. The minimum Gasteiger partial charge on any atom is -0.438 e. The second kappa shape index (κ2) is 5.14. The van der Waals surface area contributed by atoms with Crippen LogP contribution in [0.1, 0.15) is 0 Å². The third-order valence-corrected chi connectivity index (χ3v) is 4.02. The Kier molecular flexibility index (Phi) is 3.72. The summed E-state index contributed by atoms with van der Waals surface area (Å²) in [5, 5.41) is 0. The molecule has 1 heterocycles. The van der Waals surface area contributed by atoms with Gasteiger partial charge in [-0.05, 0) is 34.1 Å². The summed E-state index contributed by atoms with van der Waals surface area (Å²) in [5.74, 6) is 0.344. The summed E-state index contributed by atoms with van der Waals surface area (Å²) in [7, 11) is -3.32. The molecule has 0 saturated carbocycles. The molecule has 1 N–H and O–H groups in total. The molecule has 0 unspecified atom stereocenters. The van der Waals surface area contributed by atoms with E-state index < -0.39 is 9.84 Å². The van der Waals surface area contributed by atoms with Gasteiger partial charge in [-0.15, -0.1) is 0 Å². The number of hydrogen-bond acceptors (Lipinski definition) is 5. The van der Waals surface area contributed by atoms with Gasteiger partial charge in [-0.1, -0.05) is 6.07 Å². The fraction of sp³-hybridized carbons (Fsp3) is 0.0909. The molecule has 1 aromatic carbocycles. The Morgan fingerprint density at radius 2 is 2.11 bits per heavy atom. The average molecular weight is 345 g/mol. The highest BCUT2D eigenvalue weighted by Gasteiger charge is 2.11. The van der Waals surface area contributed by atoms with Gasteiger partial charge in [0.1, 0.15) is 10.2 Å². The number of sulfone groups is 1. The monoisotopic (exact) mass is 344 g/mol. The Morgan fingerprint density at radius 3 is 2.79 bits per heavy atom. The predicted octanol–water partition coefficient (Wildman–Crippen LogP) is 1.73. The molecule has 19 heavy (non-hydrogen) atoms. The minimum atomic E-state index is -3.32. The van der Waals surface area contributed by atoms with Gasteiger partial charge in [0, 0.05) is 6.26 Å². The quantitative estimate of drug-likeness (QED) is 0.915. The molecule has 0 radical (unpaired) electrons. The zero-order valence-corrected chi connectivity index (χ0v) is 12.2. The number of aromatic nitrogens is 2. The van der Waals surface area contributed by atoms with Crippen LogP contribution in [0.4, 0.5) is 0 Å². The summed E-state index contributed by atoms with van der Waals surface area (Å²) < 4.78 is 28.4. The van der Waals surface area contributed by atoms with E-state index in [0.717, 1.165) is 6.26 Å². The van der Waals surface area contributed by atoms with Gasteiger partial charge in [-0.2, -0.15) is 0 Å². The van der Waals surface area contributed by atoms with Crippen LogP contribution in [0.25, 0.3) is 0 Å². The molecule has 0 atom stereocenters. The minimum absolute atomic E-state index is 0.0643. The summed E-state index contributed by atoms with van der Waals surface area (Å²) in [4.78, 5) is 17.7. The number of rotatable bonds is 3. The molecule has 0 aliphatic carbocycles. The van der Waals surface area contributed by atoms with Gasteiger partial charge in [0.15, 0.2) is 9.84 Å². The van der Waals surface area contributed by atoms with Gasteiger partial charge in [0.05, 0.1) is 11.2 Å². The molecule has 0 saturated heterocycles. The third-order valence-electron chi connectivity index (χ3n) is 2.21. The molecule has 100 valence electrons. The highest BCUT2D eigenvalue weighted by molar-refractivity contribution is 9.10. The molecule has 1 aromatic heterocycles. The van der Waals surface area contributed by atoms with Crippen LogP contribution in [0.15, 0.2) is 44.8 Å². The molecule has 0 amide bonds. The van der Waals surface area contributed by atoms with Crippen LogP contribution < -0.4 is 10.3 Å². The van der Waals surface area contributed by atoms with Crippen molar-refractivity contribution < 1.29 is 13.2 Å². The average Bonchev–Trinajstić information content (AvgIpc) is 2.34. The summed E-state index contributed by atoms with van der Waals surface area (Å²) >= 11 is 3.05. The lowest BCUT2D eigenvalue weighted by Gasteiger charge is -2.06. The van der Waals surface area contributed by atoms with E-state index in [0.29, 0.717) is 0 Å². The fourth-order valence-corrected chi connectivity index (χ4v) is 2.27. The molecule has 0 aliphatic heterocycles. The topological polar surface area (TPSA) is 89.1 Å². The Bertz CT molecular complexity index is 770. The molecule has 0 aliphatic rings. The van der Waals surface area contributed by atoms with Crippen molar-refractivity contribution >= 4 is 25.8 Å². The van der Waals surface area contributed by atoms with Crippen molar-refractivity contribution in [3.8, 4) is 11.6 Å².